The molecular formula is C21H25NO6. The summed E-state index contributed by atoms with van der Waals surface area (Å²) in [5.41, 5.74) is 0.147. The van der Waals surface area contributed by atoms with Crippen LogP contribution in [-0.4, -0.2) is 47.7 Å². The van der Waals surface area contributed by atoms with Gasteiger partial charge in [-0.1, -0.05) is 30.3 Å². The number of benzene rings is 1. The third-order valence-corrected chi connectivity index (χ3v) is 4.99. The quantitative estimate of drug-likeness (QED) is 0.786. The standard InChI is InChI=1S/C21H25NO6/c1-15-18(19(23)24)12-17(28-15)13-22(2)20(25)21(8-10-26-11-9-21)27-14-16-6-4-3-5-7-16/h3-7,12H,8-11,13-14H2,1-2H3,(H,23,24). The number of hydrogen-bond donors (Lipinski definition) is 1. The van der Waals surface area contributed by atoms with E-state index in [2.05, 4.69) is 0 Å². The Balaban J connectivity index is 1.73. The van der Waals surface area contributed by atoms with Crippen LogP contribution in [0.15, 0.2) is 40.8 Å². The molecule has 0 unspecified atom stereocenters. The molecule has 0 bridgehead atoms. The molecule has 1 fully saturated rings. The van der Waals surface area contributed by atoms with E-state index in [0.717, 1.165) is 5.56 Å². The first kappa shape index (κ1) is 20.1. The molecule has 0 aliphatic carbocycles. The fourth-order valence-electron chi connectivity index (χ4n) is 3.40. The summed E-state index contributed by atoms with van der Waals surface area (Å²) in [6.07, 6.45) is 0.946. The SMILES string of the molecule is Cc1oc(CN(C)C(=O)C2(OCc3ccccc3)CCOCC2)cc1C(=O)O. The smallest absolute Gasteiger partial charge is 0.339 e. The highest BCUT2D eigenvalue weighted by atomic mass is 16.5. The van der Waals surface area contributed by atoms with Crippen LogP contribution in [0.4, 0.5) is 0 Å². The summed E-state index contributed by atoms with van der Waals surface area (Å²) in [5, 5.41) is 9.17. The zero-order valence-corrected chi connectivity index (χ0v) is 16.1. The molecule has 2 heterocycles. The monoisotopic (exact) mass is 387 g/mol. The van der Waals surface area contributed by atoms with Crippen molar-refractivity contribution in [2.45, 2.75) is 38.5 Å². The second kappa shape index (κ2) is 8.58. The van der Waals surface area contributed by atoms with Gasteiger partial charge in [0.05, 0.1) is 13.2 Å². The summed E-state index contributed by atoms with van der Waals surface area (Å²) in [6, 6.07) is 11.2. The van der Waals surface area contributed by atoms with E-state index in [1.165, 1.54) is 11.0 Å². The molecule has 1 saturated heterocycles. The van der Waals surface area contributed by atoms with Gasteiger partial charge < -0.3 is 23.9 Å². The molecule has 1 N–H and O–H groups in total. The minimum atomic E-state index is -1.05. The zero-order valence-electron chi connectivity index (χ0n) is 16.1. The molecule has 2 aromatic rings. The molecule has 3 rings (SSSR count). The number of aromatic carboxylic acids is 1. The highest BCUT2D eigenvalue weighted by molar-refractivity contribution is 5.89. The van der Waals surface area contributed by atoms with Crippen molar-refractivity contribution >= 4 is 11.9 Å². The van der Waals surface area contributed by atoms with Gasteiger partial charge in [-0.25, -0.2) is 4.79 Å². The van der Waals surface area contributed by atoms with E-state index in [9.17, 15) is 14.7 Å². The number of aryl methyl sites for hydroxylation is 1. The van der Waals surface area contributed by atoms with Gasteiger partial charge in [-0.2, -0.15) is 0 Å². The van der Waals surface area contributed by atoms with Gasteiger partial charge in [-0.3, -0.25) is 4.79 Å². The maximum absolute atomic E-state index is 13.3. The molecule has 1 aliphatic rings. The Hall–Kier alpha value is -2.64. The van der Waals surface area contributed by atoms with Crippen LogP contribution in [0.1, 0.15) is 40.3 Å². The van der Waals surface area contributed by atoms with Crippen molar-refractivity contribution in [3.8, 4) is 0 Å². The number of nitrogens with zero attached hydrogens (tertiary/aromatic N) is 1. The van der Waals surface area contributed by atoms with E-state index >= 15 is 0 Å². The number of carboxylic acids is 1. The van der Waals surface area contributed by atoms with Gasteiger partial charge in [0.2, 0.25) is 0 Å². The lowest BCUT2D eigenvalue weighted by atomic mass is 9.92. The Morgan fingerprint density at radius 3 is 2.50 bits per heavy atom. The maximum Gasteiger partial charge on any atom is 0.339 e. The molecule has 7 nitrogen and oxygen atoms in total. The maximum atomic E-state index is 13.3. The molecule has 28 heavy (non-hydrogen) atoms. The van der Waals surface area contributed by atoms with Crippen molar-refractivity contribution in [2.24, 2.45) is 0 Å². The van der Waals surface area contributed by atoms with Crippen LogP contribution in [0.2, 0.25) is 0 Å². The first-order valence-corrected chi connectivity index (χ1v) is 9.25. The second-order valence-electron chi connectivity index (χ2n) is 7.03. The summed E-state index contributed by atoms with van der Waals surface area (Å²) in [5.74, 6) is -0.452. The second-order valence-corrected chi connectivity index (χ2v) is 7.03. The lowest BCUT2D eigenvalue weighted by molar-refractivity contribution is -0.173. The van der Waals surface area contributed by atoms with E-state index in [4.69, 9.17) is 13.9 Å². The minimum absolute atomic E-state index is 0.108. The van der Waals surface area contributed by atoms with Crippen LogP contribution in [0.5, 0.6) is 0 Å². The zero-order chi connectivity index (χ0) is 20.1. The Morgan fingerprint density at radius 2 is 1.89 bits per heavy atom. The van der Waals surface area contributed by atoms with Crippen molar-refractivity contribution in [1.29, 1.82) is 0 Å². The van der Waals surface area contributed by atoms with Gasteiger partial charge in [0.1, 0.15) is 17.1 Å². The summed E-state index contributed by atoms with van der Waals surface area (Å²) in [6.45, 7) is 3.01. The van der Waals surface area contributed by atoms with Gasteiger partial charge >= 0.3 is 5.97 Å². The molecule has 7 heteroatoms. The Morgan fingerprint density at radius 1 is 1.21 bits per heavy atom. The van der Waals surface area contributed by atoms with Gasteiger partial charge in [-0.15, -0.1) is 0 Å². The number of ether oxygens (including phenoxy) is 2. The Labute approximate surface area is 163 Å². The highest BCUT2D eigenvalue weighted by Crippen LogP contribution is 2.29. The molecule has 1 amide bonds. The van der Waals surface area contributed by atoms with Crippen molar-refractivity contribution in [3.05, 3.63) is 59.0 Å². The van der Waals surface area contributed by atoms with E-state index in [0.29, 0.717) is 44.2 Å². The molecule has 0 spiro atoms. The van der Waals surface area contributed by atoms with Crippen LogP contribution in [-0.2, 0) is 27.4 Å². The van der Waals surface area contributed by atoms with E-state index < -0.39 is 11.6 Å². The molecule has 0 radical (unpaired) electrons. The van der Waals surface area contributed by atoms with E-state index in [-0.39, 0.29) is 18.0 Å². The molecule has 150 valence electrons. The Bertz CT molecular complexity index is 823. The van der Waals surface area contributed by atoms with Crippen LogP contribution in [0, 0.1) is 6.92 Å². The van der Waals surface area contributed by atoms with Crippen LogP contribution in [0.25, 0.3) is 0 Å². The number of carbonyl (C=O) groups is 2. The van der Waals surface area contributed by atoms with Gasteiger partial charge in [0.15, 0.2) is 5.60 Å². The third-order valence-electron chi connectivity index (χ3n) is 4.99. The number of carbonyl (C=O) groups excluding carboxylic acids is 1. The molecule has 1 aliphatic heterocycles. The number of amides is 1. The predicted octanol–water partition coefficient (Wildman–Crippen LogP) is 3.01. The topological polar surface area (TPSA) is 89.2 Å². The average molecular weight is 387 g/mol. The molecule has 1 aromatic carbocycles. The molecular weight excluding hydrogens is 362 g/mol. The first-order valence-electron chi connectivity index (χ1n) is 9.25. The van der Waals surface area contributed by atoms with Crippen LogP contribution < -0.4 is 0 Å². The number of furan rings is 1. The number of likely N-dealkylation sites (N-methyl/N-ethyl adjacent to an activating group) is 1. The van der Waals surface area contributed by atoms with Crippen molar-refractivity contribution < 1.29 is 28.6 Å². The molecule has 0 saturated carbocycles. The van der Waals surface area contributed by atoms with Gasteiger partial charge in [0.25, 0.3) is 5.91 Å². The first-order chi connectivity index (χ1) is 13.4. The number of hydrogen-bond acceptors (Lipinski definition) is 5. The fraction of sp³-hybridized carbons (Fsp3) is 0.429. The average Bonchev–Trinajstić information content (AvgIpc) is 3.07. The third kappa shape index (κ3) is 4.43. The van der Waals surface area contributed by atoms with Crippen molar-refractivity contribution in [1.82, 2.24) is 4.90 Å². The summed E-state index contributed by atoms with van der Waals surface area (Å²) in [7, 11) is 1.67. The van der Waals surface area contributed by atoms with Crippen molar-refractivity contribution in [2.75, 3.05) is 20.3 Å². The number of carboxylic acid groups (broad SMARTS) is 1. The van der Waals surface area contributed by atoms with Gasteiger partial charge in [0, 0.05) is 33.1 Å². The molecule has 1 aromatic heterocycles. The minimum Gasteiger partial charge on any atom is -0.478 e. The number of rotatable bonds is 7. The summed E-state index contributed by atoms with van der Waals surface area (Å²) in [4.78, 5) is 26.0. The summed E-state index contributed by atoms with van der Waals surface area (Å²) >= 11 is 0. The normalized spacial score (nSPS) is 15.9. The highest BCUT2D eigenvalue weighted by Gasteiger charge is 2.43. The molecule has 0 atom stereocenters. The van der Waals surface area contributed by atoms with Gasteiger partial charge in [-0.05, 0) is 18.6 Å². The van der Waals surface area contributed by atoms with Crippen LogP contribution >= 0.6 is 0 Å². The fourth-order valence-corrected chi connectivity index (χ4v) is 3.40. The van der Waals surface area contributed by atoms with Crippen LogP contribution in [0.3, 0.4) is 0 Å². The van der Waals surface area contributed by atoms with Crippen molar-refractivity contribution in [3.63, 3.8) is 0 Å². The lowest BCUT2D eigenvalue weighted by Gasteiger charge is -2.38. The lowest BCUT2D eigenvalue weighted by Crippen LogP contribution is -2.52. The predicted molar refractivity (Wildman–Crippen MR) is 101 cm³/mol. The largest absolute Gasteiger partial charge is 0.478 e. The van der Waals surface area contributed by atoms with E-state index in [1.54, 1.807) is 14.0 Å². The summed E-state index contributed by atoms with van der Waals surface area (Å²) < 4.78 is 17.1. The Kier molecular flexibility index (Phi) is 6.16. The van der Waals surface area contributed by atoms with E-state index in [1.807, 2.05) is 30.3 Å².